The highest BCUT2D eigenvalue weighted by molar-refractivity contribution is 7.80. The zero-order chi connectivity index (χ0) is 13.0. The van der Waals surface area contributed by atoms with Crippen LogP contribution in [0.1, 0.15) is 5.76 Å². The Kier molecular flexibility index (Phi) is 3.88. The second kappa shape index (κ2) is 5.59. The molecule has 0 saturated heterocycles. The number of anilines is 1. The smallest absolute Gasteiger partial charge is 0.171 e. The number of hydrogen-bond acceptors (Lipinski definition) is 2. The van der Waals surface area contributed by atoms with Crippen LogP contribution in [0.15, 0.2) is 41.0 Å². The molecule has 0 fully saturated rings. The number of para-hydroxylation sites is 1. The average Bonchev–Trinajstić information content (AvgIpc) is 2.84. The standard InChI is InChI=1S/C12H10F2N2OS/c13-9-4-1-5-10(14)11(9)16-12(18)15-7-8-3-2-6-17-8/h1-6H,7H2,(H2,15,16,18). The van der Waals surface area contributed by atoms with Crippen molar-refractivity contribution in [1.29, 1.82) is 0 Å². The number of halogens is 2. The summed E-state index contributed by atoms with van der Waals surface area (Å²) < 4.78 is 31.7. The van der Waals surface area contributed by atoms with Crippen molar-refractivity contribution in [3.63, 3.8) is 0 Å². The van der Waals surface area contributed by atoms with E-state index in [0.717, 1.165) is 12.1 Å². The van der Waals surface area contributed by atoms with E-state index in [1.807, 2.05) is 0 Å². The Morgan fingerprint density at radius 3 is 2.50 bits per heavy atom. The molecule has 0 aliphatic heterocycles. The SMILES string of the molecule is Fc1cccc(F)c1NC(=S)NCc1ccco1. The molecule has 6 heteroatoms. The van der Waals surface area contributed by atoms with Gasteiger partial charge in [-0.25, -0.2) is 8.78 Å². The lowest BCUT2D eigenvalue weighted by molar-refractivity contribution is 0.503. The number of benzene rings is 1. The van der Waals surface area contributed by atoms with Crippen LogP contribution in [0.3, 0.4) is 0 Å². The quantitative estimate of drug-likeness (QED) is 0.839. The summed E-state index contributed by atoms with van der Waals surface area (Å²) in [6, 6.07) is 7.10. The van der Waals surface area contributed by atoms with Crippen LogP contribution in [0.5, 0.6) is 0 Å². The maximum Gasteiger partial charge on any atom is 0.171 e. The third-order valence-corrected chi connectivity index (χ3v) is 2.45. The Balaban J connectivity index is 1.95. The Hall–Kier alpha value is -1.95. The number of furan rings is 1. The highest BCUT2D eigenvalue weighted by Gasteiger charge is 2.09. The summed E-state index contributed by atoms with van der Waals surface area (Å²) in [5.41, 5.74) is -0.269. The lowest BCUT2D eigenvalue weighted by atomic mass is 10.3. The molecule has 0 saturated carbocycles. The molecule has 1 aromatic heterocycles. The van der Waals surface area contributed by atoms with Crippen molar-refractivity contribution >= 4 is 23.0 Å². The Morgan fingerprint density at radius 2 is 1.89 bits per heavy atom. The van der Waals surface area contributed by atoms with Gasteiger partial charge in [-0.05, 0) is 36.5 Å². The Morgan fingerprint density at radius 1 is 1.17 bits per heavy atom. The Labute approximate surface area is 108 Å². The molecule has 0 amide bonds. The molecule has 94 valence electrons. The van der Waals surface area contributed by atoms with E-state index in [9.17, 15) is 8.78 Å². The van der Waals surface area contributed by atoms with E-state index < -0.39 is 11.6 Å². The van der Waals surface area contributed by atoms with Crippen LogP contribution in [-0.2, 0) is 6.54 Å². The fourth-order valence-electron chi connectivity index (χ4n) is 1.36. The van der Waals surface area contributed by atoms with E-state index in [4.69, 9.17) is 16.6 Å². The molecule has 0 aliphatic carbocycles. The second-order valence-electron chi connectivity index (χ2n) is 3.48. The van der Waals surface area contributed by atoms with Crippen molar-refractivity contribution in [2.24, 2.45) is 0 Å². The van der Waals surface area contributed by atoms with Gasteiger partial charge in [-0.1, -0.05) is 6.07 Å². The number of hydrogen-bond donors (Lipinski definition) is 2. The molecule has 1 aromatic carbocycles. The second-order valence-corrected chi connectivity index (χ2v) is 3.89. The van der Waals surface area contributed by atoms with E-state index >= 15 is 0 Å². The van der Waals surface area contributed by atoms with Gasteiger partial charge >= 0.3 is 0 Å². The summed E-state index contributed by atoms with van der Waals surface area (Å²) in [7, 11) is 0. The molecule has 0 atom stereocenters. The molecule has 0 aliphatic rings. The normalized spacial score (nSPS) is 10.1. The average molecular weight is 268 g/mol. The lowest BCUT2D eigenvalue weighted by Crippen LogP contribution is -2.28. The van der Waals surface area contributed by atoms with E-state index in [2.05, 4.69) is 10.6 Å². The molecular weight excluding hydrogens is 258 g/mol. The summed E-state index contributed by atoms with van der Waals surface area (Å²) in [5, 5.41) is 5.37. The molecule has 1 heterocycles. The predicted octanol–water partition coefficient (Wildman–Crippen LogP) is 3.04. The molecule has 0 unspecified atom stereocenters. The van der Waals surface area contributed by atoms with Crippen LogP contribution >= 0.6 is 12.2 Å². The van der Waals surface area contributed by atoms with Gasteiger partial charge in [-0.15, -0.1) is 0 Å². The van der Waals surface area contributed by atoms with Gasteiger partial charge in [0, 0.05) is 0 Å². The summed E-state index contributed by atoms with van der Waals surface area (Å²) in [6.45, 7) is 0.342. The maximum absolute atomic E-state index is 13.3. The minimum atomic E-state index is -0.697. The lowest BCUT2D eigenvalue weighted by Gasteiger charge is -2.10. The van der Waals surface area contributed by atoms with Crippen molar-refractivity contribution in [1.82, 2.24) is 5.32 Å². The minimum absolute atomic E-state index is 0.121. The maximum atomic E-state index is 13.3. The van der Waals surface area contributed by atoms with Crippen molar-refractivity contribution in [3.8, 4) is 0 Å². The third kappa shape index (κ3) is 3.04. The first kappa shape index (κ1) is 12.5. The molecule has 0 spiro atoms. The topological polar surface area (TPSA) is 37.2 Å². The van der Waals surface area contributed by atoms with Crippen LogP contribution in [0.2, 0.25) is 0 Å². The van der Waals surface area contributed by atoms with Crippen LogP contribution < -0.4 is 10.6 Å². The number of rotatable bonds is 3. The monoisotopic (exact) mass is 268 g/mol. The molecule has 0 bridgehead atoms. The molecular formula is C12H10F2N2OS. The van der Waals surface area contributed by atoms with Crippen molar-refractivity contribution in [2.45, 2.75) is 6.54 Å². The van der Waals surface area contributed by atoms with E-state index in [1.54, 1.807) is 12.1 Å². The van der Waals surface area contributed by atoms with Gasteiger partial charge in [0.15, 0.2) is 5.11 Å². The van der Waals surface area contributed by atoms with Crippen LogP contribution in [-0.4, -0.2) is 5.11 Å². The van der Waals surface area contributed by atoms with Gasteiger partial charge < -0.3 is 15.1 Å². The van der Waals surface area contributed by atoms with Crippen LogP contribution in [0.25, 0.3) is 0 Å². The number of nitrogens with one attached hydrogen (secondary N) is 2. The molecule has 0 radical (unpaired) electrons. The van der Waals surface area contributed by atoms with Gasteiger partial charge in [0.25, 0.3) is 0 Å². The van der Waals surface area contributed by atoms with Gasteiger partial charge in [0.1, 0.15) is 23.1 Å². The first-order valence-corrected chi connectivity index (χ1v) is 5.59. The molecule has 2 N–H and O–H groups in total. The van der Waals surface area contributed by atoms with Gasteiger partial charge in [-0.3, -0.25) is 0 Å². The fourth-order valence-corrected chi connectivity index (χ4v) is 1.53. The Bertz CT molecular complexity index is 523. The van der Waals surface area contributed by atoms with E-state index in [-0.39, 0.29) is 10.8 Å². The number of thiocarbonyl (C=S) groups is 1. The van der Waals surface area contributed by atoms with Crippen molar-refractivity contribution in [2.75, 3.05) is 5.32 Å². The molecule has 18 heavy (non-hydrogen) atoms. The third-order valence-electron chi connectivity index (χ3n) is 2.20. The fraction of sp³-hybridized carbons (Fsp3) is 0.0833. The highest BCUT2D eigenvalue weighted by atomic mass is 32.1. The summed E-state index contributed by atoms with van der Waals surface area (Å²) in [5.74, 6) is -0.720. The highest BCUT2D eigenvalue weighted by Crippen LogP contribution is 2.17. The largest absolute Gasteiger partial charge is 0.467 e. The molecule has 3 nitrogen and oxygen atoms in total. The van der Waals surface area contributed by atoms with Gasteiger partial charge in [-0.2, -0.15) is 0 Å². The summed E-state index contributed by atoms with van der Waals surface area (Å²) >= 11 is 4.93. The van der Waals surface area contributed by atoms with Crippen LogP contribution in [0, 0.1) is 11.6 Å². The summed E-state index contributed by atoms with van der Waals surface area (Å²) in [6.07, 6.45) is 1.53. The first-order chi connectivity index (χ1) is 8.66. The van der Waals surface area contributed by atoms with Crippen molar-refractivity contribution < 1.29 is 13.2 Å². The van der Waals surface area contributed by atoms with E-state index in [0.29, 0.717) is 12.3 Å². The zero-order valence-corrected chi connectivity index (χ0v) is 10.1. The van der Waals surface area contributed by atoms with E-state index in [1.165, 1.54) is 12.3 Å². The van der Waals surface area contributed by atoms with Gasteiger partial charge in [0.2, 0.25) is 0 Å². The first-order valence-electron chi connectivity index (χ1n) is 5.18. The molecule has 2 aromatic rings. The molecule has 2 rings (SSSR count). The minimum Gasteiger partial charge on any atom is -0.467 e. The zero-order valence-electron chi connectivity index (χ0n) is 9.24. The predicted molar refractivity (Wildman–Crippen MR) is 68.1 cm³/mol. The van der Waals surface area contributed by atoms with Crippen LogP contribution in [0.4, 0.5) is 14.5 Å². The van der Waals surface area contributed by atoms with Gasteiger partial charge in [0.05, 0.1) is 12.8 Å². The van der Waals surface area contributed by atoms with Crippen molar-refractivity contribution in [3.05, 3.63) is 54.0 Å². The summed E-state index contributed by atoms with van der Waals surface area (Å²) in [4.78, 5) is 0.